The van der Waals surface area contributed by atoms with E-state index in [1.807, 2.05) is 0 Å². The Labute approximate surface area is 251 Å². The first-order valence-electron chi connectivity index (χ1n) is 15.1. The molecule has 4 aromatic rings. The summed E-state index contributed by atoms with van der Waals surface area (Å²) in [6.07, 6.45) is 0.145. The van der Waals surface area contributed by atoms with E-state index < -0.39 is 35.6 Å². The van der Waals surface area contributed by atoms with Gasteiger partial charge in [0.1, 0.15) is 53.6 Å². The van der Waals surface area contributed by atoms with Gasteiger partial charge in [0, 0.05) is 37.8 Å². The SMILES string of the molecule is CCc1c(F)ccc2cc(O)cc(-c3ncc4c(N5CC[C@@H](F)[C@H](O)C5)nc(OC[C@@]56CCCN5C[C@H](F)C6)nc4c3F)c12. The first-order valence-corrected chi connectivity index (χ1v) is 15.1. The number of hydrogen-bond donors (Lipinski definition) is 2. The number of benzene rings is 2. The fourth-order valence-electron chi connectivity index (χ4n) is 7.29. The van der Waals surface area contributed by atoms with Crippen molar-refractivity contribution in [3.8, 4) is 23.0 Å². The molecular weight excluding hydrogens is 578 g/mol. The Kier molecular flexibility index (Phi) is 7.24. The number of rotatable bonds is 6. The Morgan fingerprint density at radius 1 is 1.11 bits per heavy atom. The molecule has 5 heterocycles. The van der Waals surface area contributed by atoms with Crippen LogP contribution in [0.3, 0.4) is 0 Å². The second-order valence-electron chi connectivity index (χ2n) is 12.2. The Hall–Kier alpha value is -3.77. The Balaban J connectivity index is 1.37. The summed E-state index contributed by atoms with van der Waals surface area (Å²) < 4.78 is 66.2. The maximum absolute atomic E-state index is 16.7. The van der Waals surface area contributed by atoms with Crippen molar-refractivity contribution in [2.75, 3.05) is 37.7 Å². The number of ether oxygens (including phenoxy) is 1. The van der Waals surface area contributed by atoms with Gasteiger partial charge in [-0.1, -0.05) is 13.0 Å². The third-order valence-corrected chi connectivity index (χ3v) is 9.44. The third-order valence-electron chi connectivity index (χ3n) is 9.44. The molecule has 0 aliphatic carbocycles. The van der Waals surface area contributed by atoms with Crippen LogP contribution in [-0.4, -0.2) is 86.8 Å². The predicted molar refractivity (Wildman–Crippen MR) is 158 cm³/mol. The minimum Gasteiger partial charge on any atom is -0.508 e. The van der Waals surface area contributed by atoms with Gasteiger partial charge in [0.25, 0.3) is 0 Å². The number of hydrogen-bond acceptors (Lipinski definition) is 8. The molecule has 3 fully saturated rings. The van der Waals surface area contributed by atoms with Crippen molar-refractivity contribution in [3.63, 3.8) is 0 Å². The standard InChI is InChI=1S/C32H33F4N5O3/c1-2-20-23(34)5-4-17-10-19(42)11-21(26(17)20)28-27(36)29-22(13-37-28)30(40-9-6-24(35)25(43)15-40)39-31(38-29)44-16-32-7-3-8-41(32)14-18(33)12-32/h4-5,10-11,13,18,24-25,42-43H,2-3,6-9,12,14-16H2,1H3/t18-,24-,25-,32+/m1/s1. The molecule has 0 bridgehead atoms. The highest BCUT2D eigenvalue weighted by atomic mass is 19.1. The first-order chi connectivity index (χ1) is 21.2. The van der Waals surface area contributed by atoms with Crippen LogP contribution in [0.1, 0.15) is 38.2 Å². The monoisotopic (exact) mass is 611 g/mol. The van der Waals surface area contributed by atoms with Crippen molar-refractivity contribution in [1.29, 1.82) is 0 Å². The molecule has 2 aromatic heterocycles. The van der Waals surface area contributed by atoms with Crippen LogP contribution < -0.4 is 9.64 Å². The van der Waals surface area contributed by atoms with Gasteiger partial charge in [-0.15, -0.1) is 0 Å². The second-order valence-corrected chi connectivity index (χ2v) is 12.2. The summed E-state index contributed by atoms with van der Waals surface area (Å²) >= 11 is 0. The lowest BCUT2D eigenvalue weighted by molar-refractivity contribution is 0.0642. The lowest BCUT2D eigenvalue weighted by Gasteiger charge is -2.34. The van der Waals surface area contributed by atoms with Crippen LogP contribution in [0.5, 0.6) is 11.8 Å². The smallest absolute Gasteiger partial charge is 0.319 e. The predicted octanol–water partition coefficient (Wildman–Crippen LogP) is 5.26. The normalized spacial score (nSPS) is 25.7. The van der Waals surface area contributed by atoms with Gasteiger partial charge in [0.05, 0.1) is 10.9 Å². The number of aromatic hydroxyl groups is 1. The van der Waals surface area contributed by atoms with Crippen molar-refractivity contribution in [3.05, 3.63) is 47.7 Å². The molecule has 0 unspecified atom stereocenters. The van der Waals surface area contributed by atoms with E-state index in [2.05, 4.69) is 19.9 Å². The highest BCUT2D eigenvalue weighted by Gasteiger charge is 2.49. The van der Waals surface area contributed by atoms with E-state index >= 15 is 4.39 Å². The van der Waals surface area contributed by atoms with E-state index in [4.69, 9.17) is 4.74 Å². The zero-order valence-corrected chi connectivity index (χ0v) is 24.2. The fraction of sp³-hybridized carbons (Fsp3) is 0.469. The number of phenols is 1. The molecule has 0 amide bonds. The molecule has 0 spiro atoms. The topological polar surface area (TPSA) is 94.8 Å². The van der Waals surface area contributed by atoms with Crippen LogP contribution in [-0.2, 0) is 6.42 Å². The first kappa shape index (κ1) is 29.0. The molecule has 4 atom stereocenters. The molecule has 0 saturated carbocycles. The van der Waals surface area contributed by atoms with Crippen molar-refractivity contribution in [2.45, 2.75) is 63.0 Å². The Morgan fingerprint density at radius 3 is 2.75 bits per heavy atom. The molecule has 44 heavy (non-hydrogen) atoms. The summed E-state index contributed by atoms with van der Waals surface area (Å²) in [6.45, 7) is 3.15. The average Bonchev–Trinajstić information content (AvgIpc) is 3.53. The second kappa shape index (κ2) is 11.0. The van der Waals surface area contributed by atoms with Crippen molar-refractivity contribution in [2.24, 2.45) is 0 Å². The zero-order valence-electron chi connectivity index (χ0n) is 24.2. The number of aliphatic hydroxyl groups is 1. The zero-order chi connectivity index (χ0) is 30.7. The molecule has 12 heteroatoms. The van der Waals surface area contributed by atoms with Gasteiger partial charge in [-0.2, -0.15) is 9.97 Å². The number of halogens is 4. The number of pyridine rings is 1. The number of aryl methyl sites for hydroxylation is 1. The number of aliphatic hydroxyl groups excluding tert-OH is 1. The minimum atomic E-state index is -1.40. The summed E-state index contributed by atoms with van der Waals surface area (Å²) in [5.74, 6) is -1.20. The van der Waals surface area contributed by atoms with Gasteiger partial charge >= 0.3 is 6.01 Å². The number of anilines is 1. The maximum Gasteiger partial charge on any atom is 0.319 e. The van der Waals surface area contributed by atoms with Gasteiger partial charge in [0.2, 0.25) is 0 Å². The number of aromatic nitrogens is 3. The molecule has 2 N–H and O–H groups in total. The van der Waals surface area contributed by atoms with Crippen LogP contribution in [0.2, 0.25) is 0 Å². The van der Waals surface area contributed by atoms with Crippen molar-refractivity contribution < 1.29 is 32.5 Å². The quantitative estimate of drug-likeness (QED) is 0.286. The number of alkyl halides is 2. The molecule has 3 aliphatic heterocycles. The third kappa shape index (κ3) is 4.79. The molecule has 8 nitrogen and oxygen atoms in total. The van der Waals surface area contributed by atoms with Gasteiger partial charge < -0.3 is 19.8 Å². The maximum atomic E-state index is 16.7. The Morgan fingerprint density at radius 2 is 1.95 bits per heavy atom. The molecule has 2 aromatic carbocycles. The van der Waals surface area contributed by atoms with Crippen LogP contribution in [0.15, 0.2) is 30.5 Å². The number of phenolic OH excluding ortho intramolecular Hbond substituents is 1. The van der Waals surface area contributed by atoms with Crippen molar-refractivity contribution >= 4 is 27.5 Å². The van der Waals surface area contributed by atoms with Gasteiger partial charge in [-0.3, -0.25) is 9.88 Å². The number of fused-ring (bicyclic) bond motifs is 3. The number of piperidine rings is 1. The highest BCUT2D eigenvalue weighted by Crippen LogP contribution is 2.42. The summed E-state index contributed by atoms with van der Waals surface area (Å²) in [7, 11) is 0. The van der Waals surface area contributed by atoms with Gasteiger partial charge in [-0.25, -0.2) is 17.6 Å². The lowest BCUT2D eigenvalue weighted by atomic mass is 9.94. The summed E-state index contributed by atoms with van der Waals surface area (Å²) in [5, 5.41) is 22.0. The van der Waals surface area contributed by atoms with Gasteiger partial charge in [0.15, 0.2) is 5.82 Å². The molecule has 3 aliphatic rings. The minimum absolute atomic E-state index is 0.0491. The average molecular weight is 612 g/mol. The van der Waals surface area contributed by atoms with Crippen LogP contribution in [0.25, 0.3) is 32.9 Å². The van der Waals surface area contributed by atoms with E-state index in [9.17, 15) is 23.4 Å². The molecule has 0 radical (unpaired) electrons. The van der Waals surface area contributed by atoms with Crippen LogP contribution in [0, 0.1) is 11.6 Å². The van der Waals surface area contributed by atoms with E-state index in [-0.39, 0.29) is 65.9 Å². The van der Waals surface area contributed by atoms with Gasteiger partial charge in [-0.05, 0) is 66.8 Å². The number of nitrogens with zero attached hydrogens (tertiary/aromatic N) is 5. The van der Waals surface area contributed by atoms with E-state index in [0.717, 1.165) is 19.4 Å². The van der Waals surface area contributed by atoms with Crippen molar-refractivity contribution in [1.82, 2.24) is 19.9 Å². The summed E-state index contributed by atoms with van der Waals surface area (Å²) in [6, 6.07) is 5.53. The number of β-amino-alcohol motifs (C(OH)–C–C–N with tert-alkyl or cyclic N) is 1. The fourth-order valence-corrected chi connectivity index (χ4v) is 7.29. The summed E-state index contributed by atoms with van der Waals surface area (Å²) in [4.78, 5) is 17.2. The molecule has 3 saturated heterocycles. The molecule has 232 valence electrons. The Bertz CT molecular complexity index is 1760. The van der Waals surface area contributed by atoms with Crippen LogP contribution >= 0.6 is 0 Å². The molecule has 7 rings (SSSR count). The van der Waals surface area contributed by atoms with E-state index in [0.29, 0.717) is 35.7 Å². The highest BCUT2D eigenvalue weighted by molar-refractivity contribution is 6.01. The van der Waals surface area contributed by atoms with E-state index in [1.165, 1.54) is 30.5 Å². The lowest BCUT2D eigenvalue weighted by Crippen LogP contribution is -2.45. The van der Waals surface area contributed by atoms with E-state index in [1.54, 1.807) is 11.8 Å². The van der Waals surface area contributed by atoms with Crippen LogP contribution in [0.4, 0.5) is 23.4 Å². The largest absolute Gasteiger partial charge is 0.508 e. The summed E-state index contributed by atoms with van der Waals surface area (Å²) in [5.41, 5.74) is -0.212. The molecular formula is C32H33F4N5O3.